The van der Waals surface area contributed by atoms with Crippen molar-refractivity contribution in [3.8, 4) is 0 Å². The molecule has 15 heavy (non-hydrogen) atoms. The molecule has 0 aromatic carbocycles. The lowest BCUT2D eigenvalue weighted by Crippen LogP contribution is -2.38. The van der Waals surface area contributed by atoms with Crippen molar-refractivity contribution >= 4 is 16.1 Å². The van der Waals surface area contributed by atoms with E-state index in [0.29, 0.717) is 12.0 Å². The van der Waals surface area contributed by atoms with E-state index in [0.717, 1.165) is 4.41 Å². The van der Waals surface area contributed by atoms with E-state index < -0.39 is 20.9 Å². The molecule has 2 rings (SSSR count). The second-order valence-electron chi connectivity index (χ2n) is 3.51. The minimum Gasteiger partial charge on any atom is -0.351 e. The lowest BCUT2D eigenvalue weighted by Gasteiger charge is -2.13. The van der Waals surface area contributed by atoms with Crippen LogP contribution < -0.4 is 11.2 Å². The van der Waals surface area contributed by atoms with E-state index in [4.69, 9.17) is 5.73 Å². The van der Waals surface area contributed by atoms with Crippen LogP contribution in [-0.2, 0) is 10.0 Å². The lowest BCUT2D eigenvalue weighted by molar-refractivity contribution is 0.231. The Kier molecular flexibility index (Phi) is 1.92. The SMILES string of the molecule is CC1=CC=CCC12N(NC(N)=O)S2(=O)=O. The van der Waals surface area contributed by atoms with Crippen LogP contribution in [0, 0.1) is 0 Å². The molecular formula is C8H11N3O3S. The number of allylic oxidation sites excluding steroid dienone is 2. The van der Waals surface area contributed by atoms with E-state index in [1.807, 2.05) is 0 Å². The molecule has 2 atom stereocenters. The number of hydrazine groups is 1. The molecule has 1 aliphatic heterocycles. The number of hydrogen-bond acceptors (Lipinski definition) is 3. The zero-order valence-electron chi connectivity index (χ0n) is 8.10. The van der Waals surface area contributed by atoms with Gasteiger partial charge in [-0.15, -0.1) is 0 Å². The van der Waals surface area contributed by atoms with Crippen molar-refractivity contribution in [3.63, 3.8) is 0 Å². The molecule has 2 unspecified atom stereocenters. The molecule has 1 heterocycles. The summed E-state index contributed by atoms with van der Waals surface area (Å²) in [5, 5.41) is 0. The van der Waals surface area contributed by atoms with Gasteiger partial charge in [0, 0.05) is 6.42 Å². The van der Waals surface area contributed by atoms with Gasteiger partial charge in [0.15, 0.2) is 4.87 Å². The number of carbonyl (C=O) groups excluding carboxylic acids is 1. The molecule has 3 N–H and O–H groups in total. The average Bonchev–Trinajstić information content (AvgIpc) is 2.57. The van der Waals surface area contributed by atoms with Gasteiger partial charge in [-0.05, 0) is 12.5 Å². The highest BCUT2D eigenvalue weighted by Gasteiger charge is 2.72. The first-order valence-electron chi connectivity index (χ1n) is 4.38. The molecule has 7 heteroatoms. The Morgan fingerprint density at radius 3 is 2.87 bits per heavy atom. The summed E-state index contributed by atoms with van der Waals surface area (Å²) in [7, 11) is -3.46. The summed E-state index contributed by atoms with van der Waals surface area (Å²) in [5.41, 5.74) is 7.68. The summed E-state index contributed by atoms with van der Waals surface area (Å²) in [6, 6.07) is -0.877. The van der Waals surface area contributed by atoms with Crippen LogP contribution in [0.25, 0.3) is 0 Å². The van der Waals surface area contributed by atoms with E-state index in [9.17, 15) is 13.2 Å². The third-order valence-electron chi connectivity index (χ3n) is 2.67. The standard InChI is InChI=1S/C8H11N3O3S/c1-6-4-2-3-5-8(6)11(10-7(9)12)15(8,13)14/h2-4H,5H2,1H3,(H3,9,10,12). The van der Waals surface area contributed by atoms with Crippen LogP contribution in [0.1, 0.15) is 13.3 Å². The highest BCUT2D eigenvalue weighted by molar-refractivity contribution is 7.97. The molecule has 6 nitrogen and oxygen atoms in total. The van der Waals surface area contributed by atoms with E-state index >= 15 is 0 Å². The molecule has 1 fully saturated rings. The summed E-state index contributed by atoms with van der Waals surface area (Å²) in [6.45, 7) is 1.71. The van der Waals surface area contributed by atoms with Gasteiger partial charge in [0.25, 0.3) is 10.0 Å². The number of nitrogens with one attached hydrogen (secondary N) is 1. The number of urea groups is 1. The quantitative estimate of drug-likeness (QED) is 0.611. The molecule has 0 aromatic heterocycles. The summed E-state index contributed by atoms with van der Waals surface area (Å²) in [4.78, 5) is 9.54. The highest BCUT2D eigenvalue weighted by Crippen LogP contribution is 2.51. The first kappa shape index (κ1) is 10.2. The van der Waals surface area contributed by atoms with E-state index in [2.05, 4.69) is 5.43 Å². The van der Waals surface area contributed by atoms with Crippen molar-refractivity contribution in [2.45, 2.75) is 18.2 Å². The minimum atomic E-state index is -3.46. The van der Waals surface area contributed by atoms with Crippen molar-refractivity contribution < 1.29 is 13.2 Å². The molecule has 2 aliphatic rings. The molecule has 0 aromatic rings. The fourth-order valence-electron chi connectivity index (χ4n) is 1.82. The molecule has 82 valence electrons. The summed E-state index contributed by atoms with van der Waals surface area (Å²) >= 11 is 0. The Labute approximate surface area is 87.4 Å². The van der Waals surface area contributed by atoms with Crippen LogP contribution in [0.3, 0.4) is 0 Å². The third-order valence-corrected chi connectivity index (χ3v) is 4.90. The number of nitrogens with zero attached hydrogens (tertiary/aromatic N) is 1. The van der Waals surface area contributed by atoms with Crippen LogP contribution in [0.5, 0.6) is 0 Å². The average molecular weight is 229 g/mol. The predicted molar refractivity (Wildman–Crippen MR) is 53.7 cm³/mol. The summed E-state index contributed by atoms with van der Waals surface area (Å²) in [6.07, 6.45) is 5.58. The smallest absolute Gasteiger partial charge is 0.327 e. The van der Waals surface area contributed by atoms with E-state index in [1.165, 1.54) is 0 Å². The number of nitrogens with two attached hydrogens (primary N) is 1. The number of rotatable bonds is 1. The van der Waals surface area contributed by atoms with Crippen LogP contribution in [-0.4, -0.2) is 23.7 Å². The van der Waals surface area contributed by atoms with Crippen molar-refractivity contribution in [1.29, 1.82) is 0 Å². The van der Waals surface area contributed by atoms with Gasteiger partial charge in [0.05, 0.1) is 0 Å². The van der Waals surface area contributed by atoms with Gasteiger partial charge in [0.2, 0.25) is 0 Å². The Balaban J connectivity index is 2.36. The Morgan fingerprint density at radius 1 is 1.67 bits per heavy atom. The molecule has 1 aliphatic carbocycles. The zero-order valence-corrected chi connectivity index (χ0v) is 8.91. The number of amides is 2. The van der Waals surface area contributed by atoms with Crippen LogP contribution in [0.15, 0.2) is 23.8 Å². The van der Waals surface area contributed by atoms with Crippen molar-refractivity contribution in [2.24, 2.45) is 5.73 Å². The topological polar surface area (TPSA) is 92.3 Å². The monoisotopic (exact) mass is 229 g/mol. The van der Waals surface area contributed by atoms with Crippen molar-refractivity contribution in [2.75, 3.05) is 0 Å². The summed E-state index contributed by atoms with van der Waals surface area (Å²) in [5.74, 6) is 0. The normalized spacial score (nSPS) is 36.1. The van der Waals surface area contributed by atoms with Gasteiger partial charge in [0.1, 0.15) is 0 Å². The van der Waals surface area contributed by atoms with Crippen LogP contribution in [0.4, 0.5) is 4.79 Å². The van der Waals surface area contributed by atoms with Crippen LogP contribution in [0.2, 0.25) is 0 Å². The maximum atomic E-state index is 11.7. The largest absolute Gasteiger partial charge is 0.351 e. The Hall–Kier alpha value is -1.34. The Bertz CT molecular complexity index is 479. The third kappa shape index (κ3) is 1.13. The molecule has 0 saturated carbocycles. The van der Waals surface area contributed by atoms with Gasteiger partial charge in [-0.1, -0.05) is 22.6 Å². The van der Waals surface area contributed by atoms with E-state index in [-0.39, 0.29) is 0 Å². The van der Waals surface area contributed by atoms with Gasteiger partial charge < -0.3 is 5.73 Å². The Morgan fingerprint density at radius 2 is 2.33 bits per heavy atom. The van der Waals surface area contributed by atoms with Gasteiger partial charge in [-0.2, -0.15) is 0 Å². The maximum absolute atomic E-state index is 11.7. The molecule has 0 radical (unpaired) electrons. The number of primary amides is 1. The highest BCUT2D eigenvalue weighted by atomic mass is 32.2. The zero-order chi connectivity index (χ0) is 11.3. The number of carbonyl (C=O) groups is 1. The van der Waals surface area contributed by atoms with Crippen molar-refractivity contribution in [3.05, 3.63) is 23.8 Å². The second kappa shape index (κ2) is 2.83. The molecule has 1 spiro atoms. The fraction of sp³-hybridized carbons (Fsp3) is 0.375. The maximum Gasteiger partial charge on any atom is 0.327 e. The second-order valence-corrected chi connectivity index (χ2v) is 5.50. The molecule has 1 saturated heterocycles. The van der Waals surface area contributed by atoms with Gasteiger partial charge in [-0.25, -0.2) is 13.2 Å². The predicted octanol–water partition coefficient (Wildman–Crippen LogP) is -0.182. The first-order chi connectivity index (χ1) is 6.93. The minimum absolute atomic E-state index is 0.331. The molecule has 0 bridgehead atoms. The van der Waals surface area contributed by atoms with Crippen molar-refractivity contribution in [1.82, 2.24) is 9.84 Å². The first-order valence-corrected chi connectivity index (χ1v) is 5.82. The molecular weight excluding hydrogens is 218 g/mol. The number of hydrogen-bond donors (Lipinski definition) is 2. The van der Waals surface area contributed by atoms with E-state index in [1.54, 1.807) is 25.2 Å². The molecule has 2 amide bonds. The number of sulfonamides is 1. The van der Waals surface area contributed by atoms with Gasteiger partial charge >= 0.3 is 6.03 Å². The lowest BCUT2D eigenvalue weighted by atomic mass is 10.0. The summed E-state index contributed by atoms with van der Waals surface area (Å²) < 4.78 is 24.3. The van der Waals surface area contributed by atoms with Crippen LogP contribution >= 0.6 is 0 Å². The van der Waals surface area contributed by atoms with Gasteiger partial charge in [-0.3, -0.25) is 5.43 Å². The fourth-order valence-corrected chi connectivity index (χ4v) is 3.84.